The van der Waals surface area contributed by atoms with Crippen molar-refractivity contribution in [2.75, 3.05) is 13.1 Å². The topological polar surface area (TPSA) is 85.9 Å². The van der Waals surface area contributed by atoms with Crippen LogP contribution in [-0.4, -0.2) is 48.0 Å². The third kappa shape index (κ3) is 3.40. The second-order valence-corrected chi connectivity index (χ2v) is 8.40. The Bertz CT molecular complexity index is 1100. The van der Waals surface area contributed by atoms with E-state index in [4.69, 9.17) is 0 Å². The molecule has 0 unspecified atom stereocenters. The van der Waals surface area contributed by atoms with Gasteiger partial charge in [-0.15, -0.1) is 0 Å². The SMILES string of the molecule is O=C(c1ccncn1)N1CC[C@@H](n2c(=O)n(CC3CCCCC3)c3cccnc32)C1. The zero-order valence-corrected chi connectivity index (χ0v) is 17.0. The molecule has 2 aliphatic rings. The molecule has 3 aromatic heterocycles. The highest BCUT2D eigenvalue weighted by Gasteiger charge is 2.32. The number of carbonyl (C=O) groups excluding carboxylic acids is 1. The van der Waals surface area contributed by atoms with Crippen molar-refractivity contribution >= 4 is 17.1 Å². The maximum Gasteiger partial charge on any atom is 0.330 e. The Hall–Kier alpha value is -3.03. The Kier molecular flexibility index (Phi) is 5.06. The Labute approximate surface area is 174 Å². The molecule has 1 amide bonds. The fourth-order valence-electron chi connectivity index (χ4n) is 4.96. The molecule has 8 heteroatoms. The van der Waals surface area contributed by atoms with E-state index >= 15 is 0 Å². The van der Waals surface area contributed by atoms with Crippen LogP contribution in [0.25, 0.3) is 11.2 Å². The molecule has 3 aromatic rings. The lowest BCUT2D eigenvalue weighted by Gasteiger charge is -2.21. The molecule has 0 bridgehead atoms. The zero-order chi connectivity index (χ0) is 20.5. The van der Waals surface area contributed by atoms with Crippen LogP contribution in [0.1, 0.15) is 55.1 Å². The molecule has 1 atom stereocenters. The summed E-state index contributed by atoms with van der Waals surface area (Å²) in [4.78, 5) is 40.5. The van der Waals surface area contributed by atoms with Crippen molar-refractivity contribution in [3.05, 3.63) is 53.1 Å². The van der Waals surface area contributed by atoms with Gasteiger partial charge in [0.2, 0.25) is 0 Å². The van der Waals surface area contributed by atoms with Crippen LogP contribution in [0.2, 0.25) is 0 Å². The summed E-state index contributed by atoms with van der Waals surface area (Å²) in [6.45, 7) is 1.84. The maximum absolute atomic E-state index is 13.5. The first-order chi connectivity index (χ1) is 14.7. The van der Waals surface area contributed by atoms with E-state index in [9.17, 15) is 9.59 Å². The minimum absolute atomic E-state index is 0.00407. The first-order valence-electron chi connectivity index (χ1n) is 10.8. The Balaban J connectivity index is 1.44. The van der Waals surface area contributed by atoms with E-state index in [0.717, 1.165) is 24.1 Å². The van der Waals surface area contributed by atoms with Crippen LogP contribution in [0, 0.1) is 5.92 Å². The Morgan fingerprint density at radius 3 is 2.73 bits per heavy atom. The summed E-state index contributed by atoms with van der Waals surface area (Å²) in [5, 5.41) is 0. The lowest BCUT2D eigenvalue weighted by atomic mass is 9.89. The van der Waals surface area contributed by atoms with Gasteiger partial charge in [0, 0.05) is 32.0 Å². The number of imidazole rings is 1. The molecule has 1 aliphatic heterocycles. The Morgan fingerprint density at radius 2 is 1.93 bits per heavy atom. The highest BCUT2D eigenvalue weighted by atomic mass is 16.2. The number of pyridine rings is 1. The van der Waals surface area contributed by atoms with Crippen LogP contribution in [0.4, 0.5) is 0 Å². The molecular formula is C22H26N6O2. The number of amides is 1. The van der Waals surface area contributed by atoms with E-state index in [2.05, 4.69) is 15.0 Å². The first kappa shape index (κ1) is 19.0. The van der Waals surface area contributed by atoms with E-state index in [1.807, 2.05) is 21.3 Å². The van der Waals surface area contributed by atoms with Crippen LogP contribution < -0.4 is 5.69 Å². The van der Waals surface area contributed by atoms with E-state index in [-0.39, 0.29) is 17.6 Å². The summed E-state index contributed by atoms with van der Waals surface area (Å²) in [7, 11) is 0. The van der Waals surface area contributed by atoms with Gasteiger partial charge in [-0.2, -0.15) is 0 Å². The van der Waals surface area contributed by atoms with Crippen LogP contribution in [0.3, 0.4) is 0 Å². The predicted octanol–water partition coefficient (Wildman–Crippen LogP) is 2.66. The van der Waals surface area contributed by atoms with Crippen molar-refractivity contribution < 1.29 is 4.79 Å². The molecule has 0 aromatic carbocycles. The van der Waals surface area contributed by atoms with Gasteiger partial charge in [0.05, 0.1) is 11.6 Å². The minimum atomic E-state index is -0.119. The smallest absolute Gasteiger partial charge is 0.330 e. The molecular weight excluding hydrogens is 380 g/mol. The highest BCUT2D eigenvalue weighted by Crippen LogP contribution is 2.28. The number of likely N-dealkylation sites (tertiary alicyclic amines) is 1. The molecule has 2 fully saturated rings. The number of hydrogen-bond donors (Lipinski definition) is 0. The fourth-order valence-corrected chi connectivity index (χ4v) is 4.96. The van der Waals surface area contributed by atoms with Crippen LogP contribution in [-0.2, 0) is 6.54 Å². The third-order valence-electron chi connectivity index (χ3n) is 6.50. The summed E-state index contributed by atoms with van der Waals surface area (Å²) < 4.78 is 3.72. The van der Waals surface area contributed by atoms with Gasteiger partial charge in [0.25, 0.3) is 5.91 Å². The highest BCUT2D eigenvalue weighted by molar-refractivity contribution is 5.92. The van der Waals surface area contributed by atoms with Gasteiger partial charge in [-0.05, 0) is 43.4 Å². The van der Waals surface area contributed by atoms with E-state index in [1.54, 1.807) is 23.4 Å². The van der Waals surface area contributed by atoms with Gasteiger partial charge < -0.3 is 4.90 Å². The third-order valence-corrected chi connectivity index (χ3v) is 6.50. The van der Waals surface area contributed by atoms with Gasteiger partial charge in [0.1, 0.15) is 12.0 Å². The van der Waals surface area contributed by atoms with Gasteiger partial charge >= 0.3 is 5.69 Å². The number of aromatic nitrogens is 5. The van der Waals surface area contributed by atoms with Gasteiger partial charge in [-0.1, -0.05) is 19.3 Å². The number of hydrogen-bond acceptors (Lipinski definition) is 5. The minimum Gasteiger partial charge on any atom is -0.335 e. The van der Waals surface area contributed by atoms with Crippen molar-refractivity contribution in [1.82, 2.24) is 29.0 Å². The number of carbonyl (C=O) groups is 1. The Morgan fingerprint density at radius 1 is 1.07 bits per heavy atom. The van der Waals surface area contributed by atoms with Crippen LogP contribution in [0.15, 0.2) is 41.7 Å². The van der Waals surface area contributed by atoms with Crippen LogP contribution >= 0.6 is 0 Å². The summed E-state index contributed by atoms with van der Waals surface area (Å²) in [5.74, 6) is 0.432. The van der Waals surface area contributed by atoms with Crippen molar-refractivity contribution in [1.29, 1.82) is 0 Å². The largest absolute Gasteiger partial charge is 0.335 e. The molecule has 1 saturated carbocycles. The summed E-state index contributed by atoms with van der Waals surface area (Å²) >= 11 is 0. The standard InChI is InChI=1S/C22H26N6O2/c29-21(18-8-11-23-15-25-18)26-12-9-17(14-26)28-20-19(7-4-10-24-20)27(22(28)30)13-16-5-2-1-3-6-16/h4,7-8,10-11,15-17H,1-3,5-6,9,12-14H2/t17-/m1/s1. The number of rotatable bonds is 4. The van der Waals surface area contributed by atoms with Crippen molar-refractivity contribution in [3.63, 3.8) is 0 Å². The second-order valence-electron chi connectivity index (χ2n) is 8.40. The van der Waals surface area contributed by atoms with Gasteiger partial charge in [-0.25, -0.2) is 19.7 Å². The fraction of sp³-hybridized carbons (Fsp3) is 0.500. The van der Waals surface area contributed by atoms with Crippen molar-refractivity contribution in [3.8, 4) is 0 Å². The maximum atomic E-state index is 13.5. The van der Waals surface area contributed by atoms with Crippen molar-refractivity contribution in [2.24, 2.45) is 5.92 Å². The summed E-state index contributed by atoms with van der Waals surface area (Å²) in [6.07, 6.45) is 11.6. The predicted molar refractivity (Wildman–Crippen MR) is 112 cm³/mol. The average Bonchev–Trinajstić information content (AvgIpc) is 3.38. The van der Waals surface area contributed by atoms with Gasteiger partial charge in [0.15, 0.2) is 5.65 Å². The molecule has 4 heterocycles. The molecule has 0 radical (unpaired) electrons. The zero-order valence-electron chi connectivity index (χ0n) is 17.0. The van der Waals surface area contributed by atoms with Gasteiger partial charge in [-0.3, -0.25) is 13.9 Å². The normalized spacial score (nSPS) is 20.1. The molecule has 1 saturated heterocycles. The molecule has 1 aliphatic carbocycles. The lowest BCUT2D eigenvalue weighted by molar-refractivity contribution is 0.0781. The molecule has 156 valence electrons. The molecule has 8 nitrogen and oxygen atoms in total. The number of nitrogens with zero attached hydrogens (tertiary/aromatic N) is 6. The van der Waals surface area contributed by atoms with E-state index < -0.39 is 0 Å². The molecule has 0 spiro atoms. The number of fused-ring (bicyclic) bond motifs is 1. The van der Waals surface area contributed by atoms with Crippen LogP contribution in [0.5, 0.6) is 0 Å². The first-order valence-corrected chi connectivity index (χ1v) is 10.8. The quantitative estimate of drug-likeness (QED) is 0.665. The molecule has 30 heavy (non-hydrogen) atoms. The monoisotopic (exact) mass is 406 g/mol. The second kappa shape index (κ2) is 8.01. The molecule has 5 rings (SSSR count). The average molecular weight is 406 g/mol. The summed E-state index contributed by atoms with van der Waals surface area (Å²) in [6, 6.07) is 5.43. The van der Waals surface area contributed by atoms with E-state index in [0.29, 0.717) is 24.7 Å². The van der Waals surface area contributed by atoms with Crippen molar-refractivity contribution in [2.45, 2.75) is 51.1 Å². The lowest BCUT2D eigenvalue weighted by Crippen LogP contribution is -2.33. The van der Waals surface area contributed by atoms with E-state index in [1.165, 1.54) is 38.4 Å². The summed E-state index contributed by atoms with van der Waals surface area (Å²) in [5.41, 5.74) is 2.00. The molecule has 0 N–H and O–H groups in total.